The lowest BCUT2D eigenvalue weighted by molar-refractivity contribution is 0.0904. The molecule has 0 bridgehead atoms. The molecule has 3 rings (SSSR count). The van der Waals surface area contributed by atoms with E-state index < -0.39 is 6.61 Å². The van der Waals surface area contributed by atoms with Crippen LogP contribution in [0, 0.1) is 0 Å². The number of nitrogens with zero attached hydrogens (tertiary/aromatic N) is 1. The van der Waals surface area contributed by atoms with Crippen molar-refractivity contribution in [2.45, 2.75) is 13.3 Å². The molecule has 0 aliphatic rings. The lowest BCUT2D eigenvalue weighted by Gasteiger charge is -2.08. The highest BCUT2D eigenvalue weighted by atomic mass is 16.5. The molecular weight excluding hydrogens is 292 g/mol. The molecule has 118 valence electrons. The molecule has 3 aromatic rings. The number of hydrogen-bond donors (Lipinski definition) is 2. The quantitative estimate of drug-likeness (QED) is 0.686. The second-order valence-corrected chi connectivity index (χ2v) is 5.24. The molecule has 0 amide bonds. The minimum absolute atomic E-state index is 0.310. The number of nitrogens with one attached hydrogen (secondary N) is 1. The summed E-state index contributed by atoms with van der Waals surface area (Å²) in [7, 11) is 0. The third-order valence-electron chi connectivity index (χ3n) is 3.55. The number of aliphatic hydroxyl groups is 1. The maximum absolute atomic E-state index is 11.6. The number of aliphatic hydroxyl groups excluding tert-OH is 1. The van der Waals surface area contributed by atoms with Gasteiger partial charge in [-0.25, -0.2) is 4.98 Å². The summed E-state index contributed by atoms with van der Waals surface area (Å²) in [6.07, 6.45) is 0.932. The van der Waals surface area contributed by atoms with Crippen molar-refractivity contribution in [3.63, 3.8) is 0 Å². The molecule has 0 radical (unpaired) electrons. The summed E-state index contributed by atoms with van der Waals surface area (Å²) in [5, 5.41) is 8.97. The van der Waals surface area contributed by atoms with Gasteiger partial charge in [-0.3, -0.25) is 4.79 Å². The number of Topliss-reactive ketones (excluding diaryl/α,β-unsaturated/α-hetero) is 1. The molecule has 1 aromatic heterocycles. The SMILES string of the molecule is CCCOc1ccccc1-c1nc2ccc(C(=O)CO)cc2[nH]1. The largest absolute Gasteiger partial charge is 0.493 e. The number of aromatic nitrogens is 2. The predicted molar refractivity (Wildman–Crippen MR) is 88.7 cm³/mol. The summed E-state index contributed by atoms with van der Waals surface area (Å²) in [6.45, 7) is 2.20. The number of aromatic amines is 1. The van der Waals surface area contributed by atoms with Crippen LogP contribution in [0.2, 0.25) is 0 Å². The fraction of sp³-hybridized carbons (Fsp3) is 0.222. The number of fused-ring (bicyclic) bond motifs is 1. The first-order valence-electron chi connectivity index (χ1n) is 7.59. The summed E-state index contributed by atoms with van der Waals surface area (Å²) in [6, 6.07) is 12.9. The van der Waals surface area contributed by atoms with Crippen LogP contribution in [0.1, 0.15) is 23.7 Å². The van der Waals surface area contributed by atoms with Crippen molar-refractivity contribution in [2.75, 3.05) is 13.2 Å². The average molecular weight is 310 g/mol. The standard InChI is InChI=1S/C18H18N2O3/c1-2-9-23-17-6-4-3-5-13(17)18-19-14-8-7-12(16(22)11-21)10-15(14)20-18/h3-8,10,21H,2,9,11H2,1H3,(H,19,20). The van der Waals surface area contributed by atoms with Crippen LogP contribution in [0.5, 0.6) is 5.75 Å². The van der Waals surface area contributed by atoms with Crippen LogP contribution >= 0.6 is 0 Å². The molecule has 2 N–H and O–H groups in total. The smallest absolute Gasteiger partial charge is 0.188 e. The van der Waals surface area contributed by atoms with E-state index in [0.29, 0.717) is 18.0 Å². The Balaban J connectivity index is 2.02. The predicted octanol–water partition coefficient (Wildman–Crippen LogP) is 3.19. The Labute approximate surface area is 133 Å². The van der Waals surface area contributed by atoms with E-state index in [0.717, 1.165) is 28.8 Å². The molecule has 2 aromatic carbocycles. The van der Waals surface area contributed by atoms with Crippen molar-refractivity contribution in [1.82, 2.24) is 9.97 Å². The molecule has 0 aliphatic heterocycles. The van der Waals surface area contributed by atoms with Gasteiger partial charge in [-0.1, -0.05) is 19.1 Å². The number of carbonyl (C=O) groups is 1. The van der Waals surface area contributed by atoms with Gasteiger partial charge in [-0.2, -0.15) is 0 Å². The van der Waals surface area contributed by atoms with Gasteiger partial charge in [-0.15, -0.1) is 0 Å². The summed E-state index contributed by atoms with van der Waals surface area (Å²) in [5.41, 5.74) is 2.86. The number of H-pyrrole nitrogens is 1. The Morgan fingerprint density at radius 1 is 1.26 bits per heavy atom. The lowest BCUT2D eigenvalue weighted by atomic mass is 10.1. The van der Waals surface area contributed by atoms with Crippen LogP contribution in [0.3, 0.4) is 0 Å². The molecule has 5 heteroatoms. The summed E-state index contributed by atoms with van der Waals surface area (Å²) < 4.78 is 5.77. The molecule has 0 unspecified atom stereocenters. The first-order valence-corrected chi connectivity index (χ1v) is 7.59. The molecule has 0 aliphatic carbocycles. The van der Waals surface area contributed by atoms with E-state index >= 15 is 0 Å². The van der Waals surface area contributed by atoms with Crippen molar-refractivity contribution in [2.24, 2.45) is 0 Å². The van der Waals surface area contributed by atoms with Gasteiger partial charge in [0.05, 0.1) is 23.2 Å². The first-order chi connectivity index (χ1) is 11.2. The highest BCUT2D eigenvalue weighted by Gasteiger charge is 2.12. The molecular formula is C18H18N2O3. The number of ether oxygens (including phenoxy) is 1. The molecule has 0 saturated carbocycles. The van der Waals surface area contributed by atoms with Gasteiger partial charge < -0.3 is 14.8 Å². The molecule has 0 fully saturated rings. The minimum Gasteiger partial charge on any atom is -0.493 e. The Morgan fingerprint density at radius 2 is 2.09 bits per heavy atom. The van der Waals surface area contributed by atoms with Crippen LogP contribution < -0.4 is 4.74 Å². The normalized spacial score (nSPS) is 10.9. The van der Waals surface area contributed by atoms with Crippen LogP contribution in [-0.2, 0) is 0 Å². The highest BCUT2D eigenvalue weighted by molar-refractivity contribution is 5.99. The third-order valence-corrected chi connectivity index (χ3v) is 3.55. The van der Waals surface area contributed by atoms with Crippen molar-refractivity contribution in [3.05, 3.63) is 48.0 Å². The maximum Gasteiger partial charge on any atom is 0.188 e. The maximum atomic E-state index is 11.6. The van der Waals surface area contributed by atoms with Gasteiger partial charge in [0.25, 0.3) is 0 Å². The molecule has 1 heterocycles. The van der Waals surface area contributed by atoms with E-state index in [1.54, 1.807) is 18.2 Å². The Kier molecular flexibility index (Phi) is 4.39. The van der Waals surface area contributed by atoms with Crippen molar-refractivity contribution in [3.8, 4) is 17.1 Å². The Hall–Kier alpha value is -2.66. The van der Waals surface area contributed by atoms with E-state index in [1.165, 1.54) is 0 Å². The number of hydrogen-bond acceptors (Lipinski definition) is 4. The van der Waals surface area contributed by atoms with Crippen molar-refractivity contribution >= 4 is 16.8 Å². The second-order valence-electron chi connectivity index (χ2n) is 5.24. The number of para-hydroxylation sites is 1. The van der Waals surface area contributed by atoms with Crippen LogP contribution in [0.4, 0.5) is 0 Å². The van der Waals surface area contributed by atoms with E-state index in [9.17, 15) is 4.79 Å². The lowest BCUT2D eigenvalue weighted by Crippen LogP contribution is -2.03. The molecule has 0 spiro atoms. The van der Waals surface area contributed by atoms with Crippen molar-refractivity contribution < 1.29 is 14.6 Å². The van der Waals surface area contributed by atoms with Gasteiger partial charge in [0.2, 0.25) is 0 Å². The number of imidazole rings is 1. The number of benzene rings is 2. The van der Waals surface area contributed by atoms with Gasteiger partial charge in [0, 0.05) is 5.56 Å². The molecule has 0 saturated heterocycles. The summed E-state index contributed by atoms with van der Waals surface area (Å²) >= 11 is 0. The molecule has 0 atom stereocenters. The van der Waals surface area contributed by atoms with Gasteiger partial charge in [-0.05, 0) is 36.8 Å². The average Bonchev–Trinajstić information content (AvgIpc) is 3.02. The van der Waals surface area contributed by atoms with E-state index in [-0.39, 0.29) is 5.78 Å². The molecule has 5 nitrogen and oxygen atoms in total. The topological polar surface area (TPSA) is 75.2 Å². The number of ketones is 1. The molecule has 23 heavy (non-hydrogen) atoms. The van der Waals surface area contributed by atoms with E-state index in [1.807, 2.05) is 24.3 Å². The zero-order valence-corrected chi connectivity index (χ0v) is 12.9. The first kappa shape index (κ1) is 15.2. The van der Waals surface area contributed by atoms with Crippen LogP contribution in [-0.4, -0.2) is 34.1 Å². The van der Waals surface area contributed by atoms with E-state index in [4.69, 9.17) is 9.84 Å². The second kappa shape index (κ2) is 6.62. The van der Waals surface area contributed by atoms with Gasteiger partial charge >= 0.3 is 0 Å². The van der Waals surface area contributed by atoms with Crippen LogP contribution in [0.15, 0.2) is 42.5 Å². The Morgan fingerprint density at radius 3 is 2.87 bits per heavy atom. The number of carbonyl (C=O) groups excluding carboxylic acids is 1. The van der Waals surface area contributed by atoms with E-state index in [2.05, 4.69) is 16.9 Å². The zero-order chi connectivity index (χ0) is 16.2. The van der Waals surface area contributed by atoms with Crippen molar-refractivity contribution in [1.29, 1.82) is 0 Å². The summed E-state index contributed by atoms with van der Waals surface area (Å²) in [4.78, 5) is 19.4. The van der Waals surface area contributed by atoms with Crippen LogP contribution in [0.25, 0.3) is 22.4 Å². The van der Waals surface area contributed by atoms with Gasteiger partial charge in [0.15, 0.2) is 5.78 Å². The minimum atomic E-state index is -0.500. The highest BCUT2D eigenvalue weighted by Crippen LogP contribution is 2.29. The fourth-order valence-electron chi connectivity index (χ4n) is 2.40. The number of rotatable bonds is 6. The van der Waals surface area contributed by atoms with Gasteiger partial charge in [0.1, 0.15) is 18.2 Å². The zero-order valence-electron chi connectivity index (χ0n) is 12.9. The fourth-order valence-corrected chi connectivity index (χ4v) is 2.40. The monoisotopic (exact) mass is 310 g/mol. The summed E-state index contributed by atoms with van der Waals surface area (Å²) in [5.74, 6) is 1.16. The third kappa shape index (κ3) is 3.10. The Bertz CT molecular complexity index is 839.